The van der Waals surface area contributed by atoms with Crippen molar-refractivity contribution in [2.45, 2.75) is 16.5 Å². The predicted octanol–water partition coefficient (Wildman–Crippen LogP) is 1.97. The second-order valence-electron chi connectivity index (χ2n) is 3.73. The number of allylic oxidation sites excluding steroid dienone is 3. The van der Waals surface area contributed by atoms with Gasteiger partial charge in [0, 0.05) is 5.57 Å². The number of aliphatic hydroxyl groups excluding tert-OH is 1. The first-order valence-corrected chi connectivity index (χ1v) is 4.71. The zero-order chi connectivity index (χ0) is 13.2. The van der Waals surface area contributed by atoms with E-state index in [0.717, 1.165) is 0 Å². The monoisotopic (exact) mass is 274 g/mol. The molecule has 94 valence electrons. The summed E-state index contributed by atoms with van der Waals surface area (Å²) in [6.45, 7) is -1.28. The first kappa shape index (κ1) is 12.5. The maximum absolute atomic E-state index is 14.0. The minimum Gasteiger partial charge on any atom is -0.392 e. The number of fused-ring (bicyclic) bond motifs is 1. The highest BCUT2D eigenvalue weighted by atomic mass is 35.5. The van der Waals surface area contributed by atoms with Gasteiger partial charge in [-0.25, -0.2) is 22.0 Å². The standard InChI is InChI=1S/C9H4ClF5O2/c10-9(15)6(17)8(14)3(2-16)1-7(9,13)4(11)5(8)12/h1,16H,2H2. The fraction of sp³-hybridized carbons (Fsp3) is 0.444. The van der Waals surface area contributed by atoms with Gasteiger partial charge in [-0.3, -0.25) is 4.79 Å². The molecule has 0 aromatic heterocycles. The fourth-order valence-corrected chi connectivity index (χ4v) is 2.13. The van der Waals surface area contributed by atoms with Crippen molar-refractivity contribution >= 4 is 17.4 Å². The summed E-state index contributed by atoms with van der Waals surface area (Å²) in [6, 6.07) is 0. The van der Waals surface area contributed by atoms with Crippen LogP contribution in [0, 0.1) is 0 Å². The largest absolute Gasteiger partial charge is 0.392 e. The van der Waals surface area contributed by atoms with Crippen LogP contribution in [-0.2, 0) is 4.79 Å². The first-order chi connectivity index (χ1) is 7.64. The van der Waals surface area contributed by atoms with E-state index >= 15 is 0 Å². The van der Waals surface area contributed by atoms with Crippen LogP contribution in [0.2, 0.25) is 0 Å². The minimum atomic E-state index is -4.08. The van der Waals surface area contributed by atoms with E-state index in [2.05, 4.69) is 0 Å². The molecule has 0 radical (unpaired) electrons. The van der Waals surface area contributed by atoms with Crippen molar-refractivity contribution in [1.82, 2.24) is 0 Å². The van der Waals surface area contributed by atoms with E-state index in [0.29, 0.717) is 0 Å². The summed E-state index contributed by atoms with van der Waals surface area (Å²) < 4.78 is 67.8. The molecule has 0 heterocycles. The Balaban J connectivity index is 2.84. The lowest BCUT2D eigenvalue weighted by atomic mass is 9.69. The predicted molar refractivity (Wildman–Crippen MR) is 46.8 cm³/mol. The van der Waals surface area contributed by atoms with E-state index < -0.39 is 46.1 Å². The molecule has 0 fully saturated rings. The topological polar surface area (TPSA) is 37.3 Å². The molecule has 17 heavy (non-hydrogen) atoms. The minimum absolute atomic E-state index is 0.0419. The number of halogens is 6. The highest BCUT2D eigenvalue weighted by Gasteiger charge is 2.76. The quantitative estimate of drug-likeness (QED) is 0.451. The summed E-state index contributed by atoms with van der Waals surface area (Å²) in [5.74, 6) is -7.17. The number of Topliss-reactive ketones (excluding diaryl/α,β-unsaturated/α-hetero) is 1. The summed E-state index contributed by atoms with van der Waals surface area (Å²) in [4.78, 5) is 11.2. The molecule has 0 aromatic rings. The van der Waals surface area contributed by atoms with Crippen LogP contribution in [-0.4, -0.2) is 34.0 Å². The summed E-state index contributed by atoms with van der Waals surface area (Å²) >= 11 is 4.83. The third-order valence-electron chi connectivity index (χ3n) is 2.86. The lowest BCUT2D eigenvalue weighted by Gasteiger charge is -2.45. The van der Waals surface area contributed by atoms with Crippen molar-refractivity contribution in [2.75, 3.05) is 6.61 Å². The molecule has 2 nitrogen and oxygen atoms in total. The normalized spacial score (nSPS) is 45.4. The Kier molecular flexibility index (Phi) is 2.27. The van der Waals surface area contributed by atoms with Crippen LogP contribution < -0.4 is 0 Å². The van der Waals surface area contributed by atoms with Crippen LogP contribution in [0.4, 0.5) is 22.0 Å². The van der Waals surface area contributed by atoms with Crippen molar-refractivity contribution in [3.05, 3.63) is 23.3 Å². The molecule has 0 spiro atoms. The number of carbonyl (C=O) groups is 1. The fourth-order valence-electron chi connectivity index (χ4n) is 1.86. The van der Waals surface area contributed by atoms with E-state index in [1.54, 1.807) is 0 Å². The molecule has 0 aromatic carbocycles. The summed E-state index contributed by atoms with van der Waals surface area (Å²) in [5, 5.41) is 4.60. The number of hydrogen-bond donors (Lipinski definition) is 1. The molecule has 3 rings (SSSR count). The van der Waals surface area contributed by atoms with Gasteiger partial charge in [-0.15, -0.1) is 0 Å². The number of aliphatic hydroxyl groups is 1. The Labute approximate surface area is 96.4 Å². The molecular weight excluding hydrogens is 271 g/mol. The summed E-state index contributed by atoms with van der Waals surface area (Å²) in [7, 11) is 0. The molecule has 0 aliphatic heterocycles. The molecule has 3 unspecified atom stereocenters. The van der Waals surface area contributed by atoms with Crippen molar-refractivity contribution in [2.24, 2.45) is 0 Å². The lowest BCUT2D eigenvalue weighted by molar-refractivity contribution is -0.145. The molecule has 3 aliphatic rings. The van der Waals surface area contributed by atoms with Crippen molar-refractivity contribution in [3.63, 3.8) is 0 Å². The van der Waals surface area contributed by atoms with Crippen LogP contribution in [0.25, 0.3) is 0 Å². The van der Waals surface area contributed by atoms with Crippen molar-refractivity contribution in [1.29, 1.82) is 0 Å². The van der Waals surface area contributed by atoms with Gasteiger partial charge in [-0.05, 0) is 6.08 Å². The van der Waals surface area contributed by atoms with Crippen LogP contribution in [0.3, 0.4) is 0 Å². The molecule has 1 N–H and O–H groups in total. The average molecular weight is 275 g/mol. The Bertz CT molecular complexity index is 486. The lowest BCUT2D eigenvalue weighted by Crippen LogP contribution is -2.65. The molecule has 3 aliphatic carbocycles. The smallest absolute Gasteiger partial charge is 0.289 e. The molecule has 0 amide bonds. The number of hydrogen-bond acceptors (Lipinski definition) is 2. The first-order valence-electron chi connectivity index (χ1n) is 4.34. The number of alkyl halides is 4. The van der Waals surface area contributed by atoms with Crippen molar-refractivity contribution < 1.29 is 31.9 Å². The highest BCUT2D eigenvalue weighted by molar-refractivity contribution is 6.38. The van der Waals surface area contributed by atoms with Gasteiger partial charge in [0.05, 0.1) is 6.61 Å². The molecule has 0 saturated carbocycles. The van der Waals surface area contributed by atoms with Crippen LogP contribution in [0.5, 0.6) is 0 Å². The number of carbonyl (C=O) groups excluding carboxylic acids is 1. The molecular formula is C9H4ClF5O2. The van der Waals surface area contributed by atoms with E-state index in [-0.39, 0.29) is 6.08 Å². The van der Waals surface area contributed by atoms with Crippen LogP contribution in [0.15, 0.2) is 23.3 Å². The van der Waals surface area contributed by atoms with E-state index in [9.17, 15) is 26.7 Å². The molecule has 2 bridgehead atoms. The molecule has 3 atom stereocenters. The van der Waals surface area contributed by atoms with Crippen LogP contribution >= 0.6 is 11.6 Å². The van der Waals surface area contributed by atoms with Crippen molar-refractivity contribution in [3.8, 4) is 0 Å². The van der Waals surface area contributed by atoms with E-state index in [4.69, 9.17) is 16.7 Å². The van der Waals surface area contributed by atoms with E-state index in [1.807, 2.05) is 0 Å². The highest BCUT2D eigenvalue weighted by Crippen LogP contribution is 2.59. The SMILES string of the molecule is O=C1C2(F)C(CO)=CC(F)(C(F)=C2F)C1(F)Cl. The third kappa shape index (κ3) is 1.07. The van der Waals surface area contributed by atoms with Gasteiger partial charge in [0.25, 0.3) is 10.8 Å². The van der Waals surface area contributed by atoms with Gasteiger partial charge in [0.15, 0.2) is 11.7 Å². The summed E-state index contributed by atoms with van der Waals surface area (Å²) in [6.07, 6.45) is -0.0419. The molecule has 8 heteroatoms. The second-order valence-corrected chi connectivity index (χ2v) is 4.25. The van der Waals surface area contributed by atoms with Gasteiger partial charge in [0.1, 0.15) is 0 Å². The zero-order valence-corrected chi connectivity index (χ0v) is 8.66. The Morgan fingerprint density at radius 3 is 2.24 bits per heavy atom. The number of ketones is 1. The number of rotatable bonds is 1. The Hall–Kier alpha value is -0.950. The second kappa shape index (κ2) is 3.08. The van der Waals surface area contributed by atoms with Gasteiger partial charge in [-0.2, -0.15) is 0 Å². The third-order valence-corrected chi connectivity index (χ3v) is 3.30. The summed E-state index contributed by atoms with van der Waals surface area (Å²) in [5.41, 5.74) is -8.94. The average Bonchev–Trinajstić information content (AvgIpc) is 2.28. The van der Waals surface area contributed by atoms with Crippen LogP contribution in [0.1, 0.15) is 0 Å². The van der Waals surface area contributed by atoms with Gasteiger partial charge < -0.3 is 5.11 Å². The maximum atomic E-state index is 14.0. The Morgan fingerprint density at radius 2 is 1.76 bits per heavy atom. The molecule has 0 saturated heterocycles. The van der Waals surface area contributed by atoms with E-state index in [1.165, 1.54) is 0 Å². The maximum Gasteiger partial charge on any atom is 0.289 e. The van der Waals surface area contributed by atoms with Gasteiger partial charge in [-0.1, -0.05) is 11.6 Å². The van der Waals surface area contributed by atoms with Gasteiger partial charge in [0.2, 0.25) is 11.5 Å². The Morgan fingerprint density at radius 1 is 1.24 bits per heavy atom. The van der Waals surface area contributed by atoms with Gasteiger partial charge >= 0.3 is 0 Å². The zero-order valence-electron chi connectivity index (χ0n) is 7.91.